The number of likely N-dealkylation sites (N-methyl/N-ethyl adjacent to an activating group) is 1. The van der Waals surface area contributed by atoms with Gasteiger partial charge >= 0.3 is 0 Å². The number of aliphatic hydroxyl groups excluding tert-OH is 1. The number of nitrogens with two attached hydrogens (primary N) is 1. The Morgan fingerprint density at radius 1 is 1.60 bits per heavy atom. The molecule has 0 aliphatic carbocycles. The Bertz CT molecular complexity index is 260. The topological polar surface area (TPSA) is 62.6 Å². The van der Waals surface area contributed by atoms with E-state index in [4.69, 9.17) is 10.2 Å². The summed E-state index contributed by atoms with van der Waals surface area (Å²) in [6.07, 6.45) is 2.12. The standard InChI is InChI=1S/C11H20N2O2/c1-9(14)5-6-13(2)10(8-12)11-4-3-7-15-11/h3-4,7,9-10,14H,5-6,8,12H2,1-2H3. The van der Waals surface area contributed by atoms with Crippen molar-refractivity contribution in [3.63, 3.8) is 0 Å². The van der Waals surface area contributed by atoms with Gasteiger partial charge < -0.3 is 15.3 Å². The Morgan fingerprint density at radius 3 is 2.80 bits per heavy atom. The molecule has 0 aromatic carbocycles. The van der Waals surface area contributed by atoms with Gasteiger partial charge in [-0.05, 0) is 32.5 Å². The highest BCUT2D eigenvalue weighted by molar-refractivity contribution is 5.04. The van der Waals surface area contributed by atoms with E-state index in [-0.39, 0.29) is 12.1 Å². The molecule has 0 fully saturated rings. The molecule has 15 heavy (non-hydrogen) atoms. The number of aliphatic hydroxyl groups is 1. The Balaban J connectivity index is 2.51. The first kappa shape index (κ1) is 12.2. The van der Waals surface area contributed by atoms with Crippen molar-refractivity contribution in [2.45, 2.75) is 25.5 Å². The van der Waals surface area contributed by atoms with Gasteiger partial charge in [0.2, 0.25) is 0 Å². The van der Waals surface area contributed by atoms with Gasteiger partial charge in [0.1, 0.15) is 5.76 Å². The second-order valence-corrected chi connectivity index (χ2v) is 3.89. The molecule has 0 radical (unpaired) electrons. The van der Waals surface area contributed by atoms with Gasteiger partial charge in [-0.15, -0.1) is 0 Å². The molecule has 1 rings (SSSR count). The first-order valence-corrected chi connectivity index (χ1v) is 5.27. The van der Waals surface area contributed by atoms with E-state index in [2.05, 4.69) is 4.90 Å². The van der Waals surface area contributed by atoms with Crippen LogP contribution in [-0.2, 0) is 0 Å². The van der Waals surface area contributed by atoms with E-state index in [0.29, 0.717) is 6.54 Å². The first-order chi connectivity index (χ1) is 7.15. The molecule has 2 unspecified atom stereocenters. The number of furan rings is 1. The summed E-state index contributed by atoms with van der Waals surface area (Å²) in [5.41, 5.74) is 5.71. The molecule has 0 aliphatic heterocycles. The SMILES string of the molecule is CC(O)CCN(C)C(CN)c1ccco1. The summed E-state index contributed by atoms with van der Waals surface area (Å²) in [7, 11) is 1.99. The smallest absolute Gasteiger partial charge is 0.122 e. The highest BCUT2D eigenvalue weighted by Crippen LogP contribution is 2.18. The van der Waals surface area contributed by atoms with Crippen LogP contribution in [0.25, 0.3) is 0 Å². The lowest BCUT2D eigenvalue weighted by atomic mass is 10.2. The fourth-order valence-electron chi connectivity index (χ4n) is 1.54. The average Bonchev–Trinajstić information content (AvgIpc) is 2.69. The van der Waals surface area contributed by atoms with Crippen LogP contribution >= 0.6 is 0 Å². The van der Waals surface area contributed by atoms with Gasteiger partial charge in [0.25, 0.3) is 0 Å². The summed E-state index contributed by atoms with van der Waals surface area (Å²) in [4.78, 5) is 2.10. The Hall–Kier alpha value is -0.840. The number of rotatable bonds is 6. The fraction of sp³-hybridized carbons (Fsp3) is 0.636. The predicted octanol–water partition coefficient (Wildman–Crippen LogP) is 0.982. The van der Waals surface area contributed by atoms with Crippen molar-refractivity contribution in [3.05, 3.63) is 24.2 Å². The van der Waals surface area contributed by atoms with Gasteiger partial charge in [0, 0.05) is 13.1 Å². The second-order valence-electron chi connectivity index (χ2n) is 3.89. The van der Waals surface area contributed by atoms with Gasteiger partial charge in [-0.2, -0.15) is 0 Å². The van der Waals surface area contributed by atoms with Crippen molar-refractivity contribution in [1.82, 2.24) is 4.90 Å². The van der Waals surface area contributed by atoms with Gasteiger partial charge in [-0.3, -0.25) is 4.90 Å². The second kappa shape index (κ2) is 5.90. The van der Waals surface area contributed by atoms with Crippen LogP contribution in [-0.4, -0.2) is 36.2 Å². The molecule has 3 N–H and O–H groups in total. The van der Waals surface area contributed by atoms with Crippen LogP contribution < -0.4 is 5.73 Å². The third-order valence-electron chi connectivity index (χ3n) is 2.53. The van der Waals surface area contributed by atoms with Crippen LogP contribution in [0.4, 0.5) is 0 Å². The maximum atomic E-state index is 9.20. The monoisotopic (exact) mass is 212 g/mol. The zero-order valence-electron chi connectivity index (χ0n) is 9.39. The van der Waals surface area contributed by atoms with Crippen molar-refractivity contribution >= 4 is 0 Å². The molecular weight excluding hydrogens is 192 g/mol. The Morgan fingerprint density at radius 2 is 2.33 bits per heavy atom. The van der Waals surface area contributed by atoms with Crippen LogP contribution in [0.1, 0.15) is 25.1 Å². The van der Waals surface area contributed by atoms with E-state index >= 15 is 0 Å². The van der Waals surface area contributed by atoms with Crippen molar-refractivity contribution in [1.29, 1.82) is 0 Å². The van der Waals surface area contributed by atoms with E-state index < -0.39 is 0 Å². The number of nitrogens with zero attached hydrogens (tertiary/aromatic N) is 1. The van der Waals surface area contributed by atoms with E-state index in [1.807, 2.05) is 19.2 Å². The minimum Gasteiger partial charge on any atom is -0.468 e. The first-order valence-electron chi connectivity index (χ1n) is 5.27. The minimum atomic E-state index is -0.275. The summed E-state index contributed by atoms with van der Waals surface area (Å²) >= 11 is 0. The van der Waals surface area contributed by atoms with E-state index in [1.54, 1.807) is 13.2 Å². The summed E-state index contributed by atoms with van der Waals surface area (Å²) in [6, 6.07) is 3.88. The zero-order chi connectivity index (χ0) is 11.3. The molecule has 4 nitrogen and oxygen atoms in total. The van der Waals surface area contributed by atoms with Crippen LogP contribution in [0.2, 0.25) is 0 Å². The highest BCUT2D eigenvalue weighted by atomic mass is 16.3. The molecule has 0 amide bonds. The van der Waals surface area contributed by atoms with Crippen LogP contribution in [0, 0.1) is 0 Å². The number of hydrogen-bond acceptors (Lipinski definition) is 4. The third kappa shape index (κ3) is 3.66. The molecule has 86 valence electrons. The molecule has 2 atom stereocenters. The van der Waals surface area contributed by atoms with Crippen LogP contribution in [0.3, 0.4) is 0 Å². The molecule has 1 aromatic heterocycles. The lowest BCUT2D eigenvalue weighted by molar-refractivity contribution is 0.144. The molecule has 0 aliphatic rings. The maximum absolute atomic E-state index is 9.20. The van der Waals surface area contributed by atoms with Crippen molar-refractivity contribution in [2.75, 3.05) is 20.1 Å². The fourth-order valence-corrected chi connectivity index (χ4v) is 1.54. The lowest BCUT2D eigenvalue weighted by Crippen LogP contribution is -2.32. The summed E-state index contributed by atoms with van der Waals surface area (Å²) in [5, 5.41) is 9.20. The normalized spacial score (nSPS) is 15.5. The van der Waals surface area contributed by atoms with Gasteiger partial charge in [-0.1, -0.05) is 0 Å². The Labute approximate surface area is 90.7 Å². The summed E-state index contributed by atoms with van der Waals surface area (Å²) < 4.78 is 5.33. The van der Waals surface area contributed by atoms with Crippen molar-refractivity contribution in [3.8, 4) is 0 Å². The zero-order valence-corrected chi connectivity index (χ0v) is 9.39. The lowest BCUT2D eigenvalue weighted by Gasteiger charge is -2.25. The molecule has 1 heterocycles. The average molecular weight is 212 g/mol. The number of hydrogen-bond donors (Lipinski definition) is 2. The molecular formula is C11H20N2O2. The highest BCUT2D eigenvalue weighted by Gasteiger charge is 2.17. The quantitative estimate of drug-likeness (QED) is 0.738. The van der Waals surface area contributed by atoms with E-state index in [1.165, 1.54) is 0 Å². The van der Waals surface area contributed by atoms with E-state index in [9.17, 15) is 5.11 Å². The van der Waals surface area contributed by atoms with Crippen LogP contribution in [0.5, 0.6) is 0 Å². The molecule has 0 spiro atoms. The summed E-state index contributed by atoms with van der Waals surface area (Å²) in [6.45, 7) is 3.11. The summed E-state index contributed by atoms with van der Waals surface area (Å²) in [5.74, 6) is 0.880. The maximum Gasteiger partial charge on any atom is 0.122 e. The van der Waals surface area contributed by atoms with Gasteiger partial charge in [0.05, 0.1) is 18.4 Å². The van der Waals surface area contributed by atoms with E-state index in [0.717, 1.165) is 18.7 Å². The molecule has 4 heteroatoms. The van der Waals surface area contributed by atoms with Gasteiger partial charge in [-0.25, -0.2) is 0 Å². The minimum absolute atomic E-state index is 0.0961. The van der Waals surface area contributed by atoms with Crippen LogP contribution in [0.15, 0.2) is 22.8 Å². The molecule has 0 saturated carbocycles. The van der Waals surface area contributed by atoms with Crippen molar-refractivity contribution in [2.24, 2.45) is 5.73 Å². The third-order valence-corrected chi connectivity index (χ3v) is 2.53. The molecule has 0 saturated heterocycles. The predicted molar refractivity (Wildman–Crippen MR) is 59.4 cm³/mol. The van der Waals surface area contributed by atoms with Crippen molar-refractivity contribution < 1.29 is 9.52 Å². The molecule has 0 bridgehead atoms. The Kier molecular flexibility index (Phi) is 4.81. The van der Waals surface area contributed by atoms with Gasteiger partial charge in [0.15, 0.2) is 0 Å². The largest absolute Gasteiger partial charge is 0.468 e. The molecule has 1 aromatic rings.